The van der Waals surface area contributed by atoms with Crippen molar-refractivity contribution in [2.24, 2.45) is 0 Å². The summed E-state index contributed by atoms with van der Waals surface area (Å²) in [6, 6.07) is 7.75. The van der Waals surface area contributed by atoms with Crippen LogP contribution in [0.4, 0.5) is 14.5 Å². The van der Waals surface area contributed by atoms with Crippen molar-refractivity contribution >= 4 is 35.0 Å². The molecule has 0 unspecified atom stereocenters. The smallest absolute Gasteiger partial charge is 0.247 e. The molecule has 0 saturated carbocycles. The predicted molar refractivity (Wildman–Crippen MR) is 110 cm³/mol. The molecule has 1 amide bonds. The molecule has 4 rings (SSSR count). The summed E-state index contributed by atoms with van der Waals surface area (Å²) in [7, 11) is 0. The second-order valence-corrected chi connectivity index (χ2v) is 8.04. The minimum absolute atomic E-state index is 0.0434. The van der Waals surface area contributed by atoms with Crippen LogP contribution in [-0.4, -0.2) is 26.8 Å². The molecule has 3 aromatic rings. The highest BCUT2D eigenvalue weighted by Gasteiger charge is 2.36. The van der Waals surface area contributed by atoms with Crippen molar-refractivity contribution in [3.63, 3.8) is 0 Å². The van der Waals surface area contributed by atoms with E-state index in [1.807, 2.05) is 6.92 Å². The quantitative estimate of drug-likeness (QED) is 0.524. The number of ether oxygens (including phenoxy) is 1. The maximum atomic E-state index is 14.7. The number of aromatic nitrogens is 3. The van der Waals surface area contributed by atoms with E-state index in [4.69, 9.17) is 16.3 Å². The molecule has 0 saturated heterocycles. The Morgan fingerprint density at radius 1 is 1.23 bits per heavy atom. The standard InChI is InChI=1S/C20H15ClF2N4O2S/c1-3-30-20-24-18-17(25-26-20)14-8-11(21)4-7-16(14)27(10(2)28)19(29-18)13-9-12(22)5-6-15(13)23/h4-9,19H,3H2,1-2H3/t19-/m0/s1. The van der Waals surface area contributed by atoms with Gasteiger partial charge in [-0.05, 0) is 42.2 Å². The highest BCUT2D eigenvalue weighted by atomic mass is 35.5. The highest BCUT2D eigenvalue weighted by molar-refractivity contribution is 7.99. The summed E-state index contributed by atoms with van der Waals surface area (Å²) in [4.78, 5) is 18.2. The number of nitrogens with zero attached hydrogens (tertiary/aromatic N) is 4. The number of fused-ring (bicyclic) bond motifs is 3. The first-order valence-corrected chi connectivity index (χ1v) is 10.3. The normalized spacial score (nSPS) is 15.1. The van der Waals surface area contributed by atoms with Crippen molar-refractivity contribution in [1.29, 1.82) is 0 Å². The van der Waals surface area contributed by atoms with Gasteiger partial charge < -0.3 is 4.74 Å². The lowest BCUT2D eigenvalue weighted by molar-refractivity contribution is -0.118. The van der Waals surface area contributed by atoms with Gasteiger partial charge in [0.2, 0.25) is 23.2 Å². The monoisotopic (exact) mass is 448 g/mol. The molecule has 0 aliphatic carbocycles. The molecule has 0 radical (unpaired) electrons. The van der Waals surface area contributed by atoms with Gasteiger partial charge in [-0.1, -0.05) is 30.3 Å². The average molecular weight is 449 g/mol. The van der Waals surface area contributed by atoms with E-state index in [2.05, 4.69) is 15.2 Å². The van der Waals surface area contributed by atoms with Crippen LogP contribution in [0.25, 0.3) is 11.3 Å². The summed E-state index contributed by atoms with van der Waals surface area (Å²) in [5, 5.41) is 9.06. The Morgan fingerprint density at radius 3 is 2.77 bits per heavy atom. The number of halogens is 3. The van der Waals surface area contributed by atoms with E-state index >= 15 is 0 Å². The van der Waals surface area contributed by atoms with E-state index in [-0.39, 0.29) is 17.1 Å². The van der Waals surface area contributed by atoms with Gasteiger partial charge in [-0.15, -0.1) is 10.2 Å². The Hall–Kier alpha value is -2.78. The molecule has 1 atom stereocenters. The number of anilines is 1. The Balaban J connectivity index is 2.00. The maximum absolute atomic E-state index is 14.7. The minimum Gasteiger partial charge on any atom is -0.447 e. The van der Waals surface area contributed by atoms with Gasteiger partial charge in [0.05, 0.1) is 11.3 Å². The zero-order valence-electron chi connectivity index (χ0n) is 15.9. The lowest BCUT2D eigenvalue weighted by Gasteiger charge is -2.30. The number of amides is 1. The topological polar surface area (TPSA) is 68.2 Å². The molecule has 1 aromatic heterocycles. The third-order valence-electron chi connectivity index (χ3n) is 4.40. The van der Waals surface area contributed by atoms with Gasteiger partial charge in [0.1, 0.15) is 11.6 Å². The van der Waals surface area contributed by atoms with E-state index in [9.17, 15) is 13.6 Å². The van der Waals surface area contributed by atoms with Gasteiger partial charge in [-0.2, -0.15) is 4.98 Å². The second kappa shape index (κ2) is 8.16. The fourth-order valence-electron chi connectivity index (χ4n) is 3.17. The van der Waals surface area contributed by atoms with Gasteiger partial charge in [-0.25, -0.2) is 8.78 Å². The van der Waals surface area contributed by atoms with Gasteiger partial charge in [0.15, 0.2) is 5.69 Å². The summed E-state index contributed by atoms with van der Waals surface area (Å²) in [6.45, 7) is 3.23. The van der Waals surface area contributed by atoms with E-state index < -0.39 is 23.8 Å². The fourth-order valence-corrected chi connectivity index (χ4v) is 3.85. The van der Waals surface area contributed by atoms with Crippen LogP contribution in [0, 0.1) is 11.6 Å². The summed E-state index contributed by atoms with van der Waals surface area (Å²) in [5.74, 6) is -1.10. The van der Waals surface area contributed by atoms with E-state index in [0.29, 0.717) is 27.2 Å². The van der Waals surface area contributed by atoms with Crippen molar-refractivity contribution < 1.29 is 18.3 Å². The molecule has 0 bridgehead atoms. The van der Waals surface area contributed by atoms with Crippen LogP contribution in [0.5, 0.6) is 5.88 Å². The molecule has 30 heavy (non-hydrogen) atoms. The molecule has 1 aliphatic rings. The van der Waals surface area contributed by atoms with Crippen LogP contribution in [0.15, 0.2) is 41.6 Å². The molecule has 0 N–H and O–H groups in total. The molecular weight excluding hydrogens is 434 g/mol. The molecule has 2 heterocycles. The van der Waals surface area contributed by atoms with Crippen LogP contribution in [0.2, 0.25) is 5.02 Å². The SMILES string of the molecule is CCSc1nnc2c(n1)O[C@@H](c1cc(F)ccc1F)N(C(C)=O)c1ccc(Cl)cc1-2. The number of carbonyl (C=O) groups excluding carboxylic acids is 1. The first-order valence-electron chi connectivity index (χ1n) is 8.98. The van der Waals surface area contributed by atoms with E-state index in [0.717, 1.165) is 18.2 Å². The zero-order valence-corrected chi connectivity index (χ0v) is 17.5. The van der Waals surface area contributed by atoms with Crippen LogP contribution >= 0.6 is 23.4 Å². The van der Waals surface area contributed by atoms with Crippen LogP contribution in [-0.2, 0) is 4.79 Å². The molecule has 2 aromatic carbocycles. The Kier molecular flexibility index (Phi) is 5.57. The molecule has 0 fully saturated rings. The second-order valence-electron chi connectivity index (χ2n) is 6.37. The van der Waals surface area contributed by atoms with Gasteiger partial charge in [-0.3, -0.25) is 9.69 Å². The Labute approximate surface area is 180 Å². The highest BCUT2D eigenvalue weighted by Crippen LogP contribution is 2.44. The number of carbonyl (C=O) groups is 1. The predicted octanol–water partition coefficient (Wildman–Crippen LogP) is 5.03. The molecular formula is C20H15ClF2N4O2S. The van der Waals surface area contributed by atoms with Crippen molar-refractivity contribution in [2.45, 2.75) is 25.2 Å². The third-order valence-corrected chi connectivity index (χ3v) is 5.36. The summed E-state index contributed by atoms with van der Waals surface area (Å²) in [5.41, 5.74) is 0.909. The number of benzene rings is 2. The van der Waals surface area contributed by atoms with Crippen molar-refractivity contribution in [3.8, 4) is 17.1 Å². The number of thioether (sulfide) groups is 1. The van der Waals surface area contributed by atoms with Gasteiger partial charge in [0, 0.05) is 17.5 Å². The summed E-state index contributed by atoms with van der Waals surface area (Å²) < 4.78 is 34.6. The van der Waals surface area contributed by atoms with Crippen molar-refractivity contribution in [3.05, 3.63) is 58.6 Å². The first-order chi connectivity index (χ1) is 14.4. The maximum Gasteiger partial charge on any atom is 0.247 e. The van der Waals surface area contributed by atoms with Gasteiger partial charge >= 0.3 is 0 Å². The lowest BCUT2D eigenvalue weighted by Crippen LogP contribution is -2.36. The molecule has 10 heteroatoms. The molecule has 154 valence electrons. The fraction of sp³-hybridized carbons (Fsp3) is 0.200. The number of hydrogen-bond donors (Lipinski definition) is 0. The molecule has 6 nitrogen and oxygen atoms in total. The summed E-state index contributed by atoms with van der Waals surface area (Å²) >= 11 is 7.52. The third kappa shape index (κ3) is 3.70. The van der Waals surface area contributed by atoms with Crippen LogP contribution in [0.3, 0.4) is 0 Å². The Morgan fingerprint density at radius 2 is 2.03 bits per heavy atom. The first kappa shape index (κ1) is 20.5. The minimum atomic E-state index is -1.31. The number of hydrogen-bond acceptors (Lipinski definition) is 6. The number of rotatable bonds is 3. The van der Waals surface area contributed by atoms with E-state index in [1.54, 1.807) is 18.2 Å². The van der Waals surface area contributed by atoms with Crippen LogP contribution in [0.1, 0.15) is 25.6 Å². The molecule has 1 aliphatic heterocycles. The largest absolute Gasteiger partial charge is 0.447 e. The summed E-state index contributed by atoms with van der Waals surface area (Å²) in [6.07, 6.45) is -1.31. The zero-order chi connectivity index (χ0) is 21.4. The average Bonchev–Trinajstić information content (AvgIpc) is 2.84. The lowest BCUT2D eigenvalue weighted by atomic mass is 10.1. The Bertz CT molecular complexity index is 1150. The van der Waals surface area contributed by atoms with Crippen LogP contribution < -0.4 is 9.64 Å². The van der Waals surface area contributed by atoms with Crippen molar-refractivity contribution in [2.75, 3.05) is 10.7 Å². The van der Waals surface area contributed by atoms with Crippen molar-refractivity contribution in [1.82, 2.24) is 15.2 Å². The molecule has 0 spiro atoms. The van der Waals surface area contributed by atoms with E-state index in [1.165, 1.54) is 23.6 Å². The van der Waals surface area contributed by atoms with Gasteiger partial charge in [0.25, 0.3) is 0 Å².